The maximum Gasteiger partial charge on any atom is 0.271 e. The standard InChI is InChI=1S/C20H21N5O3S/c1-24(2)29(27,28)19-10-6-9-18(11-19)20(26)23-21-12-17-13-22-25(15-17)14-16-7-4-3-5-8-16/h3-13,15H,14H2,1-2H3,(H,23,26)/b21-12-. The van der Waals surface area contributed by atoms with Gasteiger partial charge >= 0.3 is 0 Å². The minimum absolute atomic E-state index is 0.0429. The van der Waals surface area contributed by atoms with Gasteiger partial charge in [0, 0.05) is 31.4 Å². The SMILES string of the molecule is CN(C)S(=O)(=O)c1cccc(C(=O)N/N=C\c2cnn(Cc3ccccc3)c2)c1. The van der Waals surface area contributed by atoms with E-state index in [9.17, 15) is 13.2 Å². The average Bonchev–Trinajstić information content (AvgIpc) is 3.15. The Bertz CT molecular complexity index is 1120. The highest BCUT2D eigenvalue weighted by molar-refractivity contribution is 7.89. The number of nitrogens with zero attached hydrogens (tertiary/aromatic N) is 4. The molecule has 8 nitrogen and oxygen atoms in total. The molecule has 150 valence electrons. The molecule has 2 aromatic carbocycles. The van der Waals surface area contributed by atoms with Crippen LogP contribution in [0.1, 0.15) is 21.5 Å². The van der Waals surface area contributed by atoms with Gasteiger partial charge in [-0.05, 0) is 23.8 Å². The molecule has 3 rings (SSSR count). The second-order valence-corrected chi connectivity index (χ2v) is 8.62. The van der Waals surface area contributed by atoms with E-state index in [-0.39, 0.29) is 10.5 Å². The number of carbonyl (C=O) groups is 1. The second kappa shape index (κ2) is 8.80. The van der Waals surface area contributed by atoms with E-state index in [0.29, 0.717) is 6.54 Å². The van der Waals surface area contributed by atoms with E-state index < -0.39 is 15.9 Å². The van der Waals surface area contributed by atoms with Gasteiger partial charge in [0.1, 0.15) is 0 Å². The Morgan fingerprint density at radius 3 is 2.66 bits per heavy atom. The van der Waals surface area contributed by atoms with E-state index in [0.717, 1.165) is 15.4 Å². The zero-order valence-electron chi connectivity index (χ0n) is 16.1. The predicted octanol–water partition coefficient (Wildman–Crippen LogP) is 1.95. The lowest BCUT2D eigenvalue weighted by molar-refractivity contribution is 0.0955. The second-order valence-electron chi connectivity index (χ2n) is 6.47. The van der Waals surface area contributed by atoms with Crippen LogP contribution in [0.5, 0.6) is 0 Å². The Balaban J connectivity index is 1.63. The van der Waals surface area contributed by atoms with Crippen molar-refractivity contribution in [1.82, 2.24) is 19.5 Å². The van der Waals surface area contributed by atoms with Crippen LogP contribution in [0.15, 0.2) is 77.0 Å². The molecular formula is C20H21N5O3S. The largest absolute Gasteiger partial charge is 0.271 e. The van der Waals surface area contributed by atoms with Gasteiger partial charge in [-0.1, -0.05) is 36.4 Å². The fourth-order valence-electron chi connectivity index (χ4n) is 2.54. The first-order valence-corrected chi connectivity index (χ1v) is 10.2. The molecule has 0 bridgehead atoms. The summed E-state index contributed by atoms with van der Waals surface area (Å²) in [7, 11) is -0.746. The molecule has 0 unspecified atom stereocenters. The maximum absolute atomic E-state index is 12.3. The molecule has 3 aromatic rings. The third kappa shape index (κ3) is 5.15. The van der Waals surface area contributed by atoms with E-state index in [1.54, 1.807) is 10.9 Å². The highest BCUT2D eigenvalue weighted by Gasteiger charge is 2.18. The zero-order chi connectivity index (χ0) is 20.9. The van der Waals surface area contributed by atoms with E-state index in [2.05, 4.69) is 15.6 Å². The Morgan fingerprint density at radius 2 is 1.93 bits per heavy atom. The highest BCUT2D eigenvalue weighted by Crippen LogP contribution is 2.14. The lowest BCUT2D eigenvalue weighted by atomic mass is 10.2. The van der Waals surface area contributed by atoms with Crippen molar-refractivity contribution in [3.8, 4) is 0 Å². The Labute approximate surface area is 169 Å². The summed E-state index contributed by atoms with van der Waals surface area (Å²) in [5.41, 5.74) is 4.45. The summed E-state index contributed by atoms with van der Waals surface area (Å²) in [6.07, 6.45) is 4.93. The summed E-state index contributed by atoms with van der Waals surface area (Å²) < 4.78 is 27.3. The van der Waals surface area contributed by atoms with Crippen molar-refractivity contribution in [2.24, 2.45) is 5.10 Å². The van der Waals surface area contributed by atoms with Gasteiger partial charge < -0.3 is 0 Å². The molecule has 0 atom stereocenters. The van der Waals surface area contributed by atoms with Gasteiger partial charge in [-0.25, -0.2) is 18.1 Å². The van der Waals surface area contributed by atoms with Crippen molar-refractivity contribution in [2.75, 3.05) is 14.1 Å². The minimum Gasteiger partial charge on any atom is -0.268 e. The first kappa shape index (κ1) is 20.4. The number of nitrogens with one attached hydrogen (secondary N) is 1. The lowest BCUT2D eigenvalue weighted by Crippen LogP contribution is -2.23. The molecule has 1 N–H and O–H groups in total. The molecule has 1 heterocycles. The predicted molar refractivity (Wildman–Crippen MR) is 110 cm³/mol. The van der Waals surface area contributed by atoms with Crippen molar-refractivity contribution < 1.29 is 13.2 Å². The molecule has 0 radical (unpaired) electrons. The molecule has 0 spiro atoms. The topological polar surface area (TPSA) is 96.7 Å². The summed E-state index contributed by atoms with van der Waals surface area (Å²) in [6.45, 7) is 0.633. The number of carbonyl (C=O) groups excluding carboxylic acids is 1. The Hall–Kier alpha value is -3.30. The zero-order valence-corrected chi connectivity index (χ0v) is 16.9. The molecule has 29 heavy (non-hydrogen) atoms. The molecule has 9 heteroatoms. The summed E-state index contributed by atoms with van der Waals surface area (Å²) in [5, 5.41) is 8.19. The van der Waals surface area contributed by atoms with Gasteiger partial charge in [-0.2, -0.15) is 10.2 Å². The molecule has 0 aliphatic heterocycles. The van der Waals surface area contributed by atoms with E-state index in [4.69, 9.17) is 0 Å². The van der Waals surface area contributed by atoms with Gasteiger partial charge in [0.05, 0.1) is 23.9 Å². The summed E-state index contributed by atoms with van der Waals surface area (Å²) in [6, 6.07) is 15.7. The third-order valence-corrected chi connectivity index (χ3v) is 5.91. The van der Waals surface area contributed by atoms with Crippen molar-refractivity contribution in [3.63, 3.8) is 0 Å². The van der Waals surface area contributed by atoms with Crippen LogP contribution in [0.3, 0.4) is 0 Å². The number of hydrogen-bond donors (Lipinski definition) is 1. The fraction of sp³-hybridized carbons (Fsp3) is 0.150. The van der Waals surface area contributed by atoms with Gasteiger partial charge in [0.2, 0.25) is 10.0 Å². The van der Waals surface area contributed by atoms with Gasteiger partial charge in [0.25, 0.3) is 5.91 Å². The number of hydrogen-bond acceptors (Lipinski definition) is 5. The van der Waals surface area contributed by atoms with Crippen molar-refractivity contribution in [3.05, 3.63) is 83.7 Å². The van der Waals surface area contributed by atoms with Crippen molar-refractivity contribution >= 4 is 22.1 Å². The van der Waals surface area contributed by atoms with Crippen molar-refractivity contribution in [1.29, 1.82) is 0 Å². The summed E-state index contributed by atoms with van der Waals surface area (Å²) in [5.74, 6) is -0.506. The van der Waals surface area contributed by atoms with Crippen LogP contribution in [-0.2, 0) is 16.6 Å². The van der Waals surface area contributed by atoms with Crippen LogP contribution in [0, 0.1) is 0 Å². The normalized spacial score (nSPS) is 11.8. The first-order valence-electron chi connectivity index (χ1n) is 8.78. The lowest BCUT2D eigenvalue weighted by Gasteiger charge is -2.11. The van der Waals surface area contributed by atoms with Crippen LogP contribution in [0.4, 0.5) is 0 Å². The van der Waals surface area contributed by atoms with Crippen LogP contribution in [0.2, 0.25) is 0 Å². The third-order valence-electron chi connectivity index (χ3n) is 4.10. The van der Waals surface area contributed by atoms with Crippen LogP contribution < -0.4 is 5.43 Å². The van der Waals surface area contributed by atoms with Gasteiger partial charge in [-0.15, -0.1) is 0 Å². The Kier molecular flexibility index (Phi) is 6.20. The van der Waals surface area contributed by atoms with Crippen LogP contribution >= 0.6 is 0 Å². The summed E-state index contributed by atoms with van der Waals surface area (Å²) in [4.78, 5) is 12.3. The number of amides is 1. The van der Waals surface area contributed by atoms with Gasteiger partial charge in [-0.3, -0.25) is 9.48 Å². The minimum atomic E-state index is -3.62. The smallest absolute Gasteiger partial charge is 0.268 e. The van der Waals surface area contributed by atoms with E-state index in [1.807, 2.05) is 36.5 Å². The number of sulfonamides is 1. The van der Waals surface area contributed by atoms with Crippen molar-refractivity contribution in [2.45, 2.75) is 11.4 Å². The Morgan fingerprint density at radius 1 is 1.17 bits per heavy atom. The number of rotatable bonds is 7. The summed E-state index contributed by atoms with van der Waals surface area (Å²) >= 11 is 0. The molecule has 1 aromatic heterocycles. The monoisotopic (exact) mass is 411 g/mol. The highest BCUT2D eigenvalue weighted by atomic mass is 32.2. The molecule has 0 saturated carbocycles. The van der Waals surface area contributed by atoms with Gasteiger partial charge in [0.15, 0.2) is 0 Å². The molecule has 0 aliphatic rings. The molecule has 1 amide bonds. The maximum atomic E-state index is 12.3. The molecular weight excluding hydrogens is 390 g/mol. The van der Waals surface area contributed by atoms with E-state index in [1.165, 1.54) is 44.6 Å². The quantitative estimate of drug-likeness (QED) is 0.475. The molecule has 0 saturated heterocycles. The molecule has 0 fully saturated rings. The van der Waals surface area contributed by atoms with Crippen LogP contribution in [-0.4, -0.2) is 48.7 Å². The fourth-order valence-corrected chi connectivity index (χ4v) is 3.49. The number of hydrazone groups is 1. The first-order chi connectivity index (χ1) is 13.9. The van der Waals surface area contributed by atoms with Crippen LogP contribution in [0.25, 0.3) is 0 Å². The number of benzene rings is 2. The average molecular weight is 411 g/mol. The van der Waals surface area contributed by atoms with E-state index >= 15 is 0 Å². The molecule has 0 aliphatic carbocycles. The number of aromatic nitrogens is 2.